The molecule has 0 aliphatic rings. The molecule has 0 spiro atoms. The molecule has 15 heavy (non-hydrogen) atoms. The highest BCUT2D eigenvalue weighted by Crippen LogP contribution is 2.35. The summed E-state index contributed by atoms with van der Waals surface area (Å²) in [7, 11) is 0. The molecule has 1 aromatic carbocycles. The van der Waals surface area contributed by atoms with Crippen LogP contribution in [-0.2, 0) is 6.18 Å². The maximum atomic E-state index is 12.5. The molecule has 0 heterocycles. The van der Waals surface area contributed by atoms with Crippen molar-refractivity contribution >= 4 is 11.5 Å². The monoisotopic (exact) mass is 217 g/mol. The molecule has 0 unspecified atom stereocenters. The maximum absolute atomic E-state index is 12.5. The van der Waals surface area contributed by atoms with Gasteiger partial charge < -0.3 is 5.73 Å². The molecule has 0 amide bonds. The second kappa shape index (κ2) is 3.56. The fourth-order valence-electron chi connectivity index (χ4n) is 1.42. The van der Waals surface area contributed by atoms with Gasteiger partial charge in [0, 0.05) is 11.3 Å². The van der Waals surface area contributed by atoms with E-state index in [0.29, 0.717) is 0 Å². The van der Waals surface area contributed by atoms with Gasteiger partial charge in [-0.05, 0) is 31.5 Å². The van der Waals surface area contributed by atoms with E-state index in [2.05, 4.69) is 0 Å². The van der Waals surface area contributed by atoms with Gasteiger partial charge in [0.2, 0.25) is 0 Å². The molecule has 0 saturated heterocycles. The van der Waals surface area contributed by atoms with Crippen LogP contribution in [0.5, 0.6) is 0 Å². The minimum Gasteiger partial charge on any atom is -0.398 e. The number of carbonyl (C=O) groups is 1. The lowest BCUT2D eigenvalue weighted by Crippen LogP contribution is -2.14. The molecule has 2 N–H and O–H groups in total. The zero-order valence-electron chi connectivity index (χ0n) is 8.27. The van der Waals surface area contributed by atoms with Crippen molar-refractivity contribution < 1.29 is 18.0 Å². The molecule has 1 rings (SSSR count). The highest BCUT2D eigenvalue weighted by Gasteiger charge is 2.35. The van der Waals surface area contributed by atoms with Crippen LogP contribution < -0.4 is 5.73 Å². The summed E-state index contributed by atoms with van der Waals surface area (Å²) < 4.78 is 37.6. The van der Waals surface area contributed by atoms with E-state index < -0.39 is 17.5 Å². The van der Waals surface area contributed by atoms with Crippen molar-refractivity contribution in [2.24, 2.45) is 0 Å². The maximum Gasteiger partial charge on any atom is 0.417 e. The van der Waals surface area contributed by atoms with Crippen LogP contribution in [0.1, 0.15) is 28.4 Å². The molecule has 5 heteroatoms. The molecule has 2 nitrogen and oxygen atoms in total. The van der Waals surface area contributed by atoms with Crippen molar-refractivity contribution in [3.8, 4) is 0 Å². The average molecular weight is 217 g/mol. The zero-order chi connectivity index (χ0) is 11.8. The summed E-state index contributed by atoms with van der Waals surface area (Å²) in [5.74, 6) is -0.632. The van der Waals surface area contributed by atoms with Crippen LogP contribution in [0.2, 0.25) is 0 Å². The number of nitrogens with two attached hydrogens (primary N) is 1. The number of rotatable bonds is 1. The highest BCUT2D eigenvalue weighted by atomic mass is 19.4. The molecule has 0 fully saturated rings. The minimum atomic E-state index is -4.53. The summed E-state index contributed by atoms with van der Waals surface area (Å²) in [6.45, 7) is 2.50. The third-order valence-electron chi connectivity index (χ3n) is 2.16. The van der Waals surface area contributed by atoms with Crippen LogP contribution in [0.15, 0.2) is 12.1 Å². The molecule has 0 saturated carbocycles. The molecule has 0 radical (unpaired) electrons. The average Bonchev–Trinajstić information content (AvgIpc) is 2.06. The Balaban J connectivity index is 3.55. The van der Waals surface area contributed by atoms with Gasteiger partial charge in [-0.25, -0.2) is 0 Å². The largest absolute Gasteiger partial charge is 0.417 e. The molecule has 0 aliphatic carbocycles. The lowest BCUT2D eigenvalue weighted by atomic mass is 9.97. The minimum absolute atomic E-state index is 0.178. The van der Waals surface area contributed by atoms with Crippen molar-refractivity contribution in [1.29, 1.82) is 0 Å². The summed E-state index contributed by atoms with van der Waals surface area (Å²) in [5, 5.41) is 0. The van der Waals surface area contributed by atoms with E-state index in [1.165, 1.54) is 6.92 Å². The molecule has 0 aliphatic heterocycles. The Bertz CT molecular complexity index is 410. The number of alkyl halides is 3. The first-order valence-electron chi connectivity index (χ1n) is 4.22. The summed E-state index contributed by atoms with van der Waals surface area (Å²) >= 11 is 0. The summed E-state index contributed by atoms with van der Waals surface area (Å²) in [6, 6.07) is 1.99. The predicted octanol–water partition coefficient (Wildman–Crippen LogP) is 2.80. The van der Waals surface area contributed by atoms with Crippen molar-refractivity contribution in [1.82, 2.24) is 0 Å². The van der Waals surface area contributed by atoms with E-state index in [1.54, 1.807) is 0 Å². The highest BCUT2D eigenvalue weighted by molar-refractivity contribution is 5.98. The lowest BCUT2D eigenvalue weighted by molar-refractivity contribution is -0.137. The number of Topliss-reactive ketones (excluding diaryl/α,β-unsaturated/α-hetero) is 1. The van der Waals surface area contributed by atoms with Crippen molar-refractivity contribution in [3.05, 3.63) is 28.8 Å². The van der Waals surface area contributed by atoms with Gasteiger partial charge in [0.15, 0.2) is 5.78 Å². The van der Waals surface area contributed by atoms with E-state index in [0.717, 1.165) is 19.1 Å². The van der Waals surface area contributed by atoms with Crippen molar-refractivity contribution in [2.75, 3.05) is 5.73 Å². The molecule has 0 aromatic heterocycles. The Morgan fingerprint density at radius 2 is 1.87 bits per heavy atom. The molecule has 0 atom stereocenters. The molecule has 0 bridgehead atoms. The number of ketones is 1. The van der Waals surface area contributed by atoms with E-state index in [-0.39, 0.29) is 16.8 Å². The Hall–Kier alpha value is -1.52. The van der Waals surface area contributed by atoms with E-state index in [4.69, 9.17) is 5.73 Å². The molecule has 1 aromatic rings. The zero-order valence-corrected chi connectivity index (χ0v) is 8.27. The van der Waals surface area contributed by atoms with Gasteiger partial charge in [0.1, 0.15) is 0 Å². The summed E-state index contributed by atoms with van der Waals surface area (Å²) in [5.41, 5.74) is 4.54. The standard InChI is InChI=1S/C10H10F3NO/c1-5-8(14)4-3-7(10(11,12)13)9(5)6(2)15/h3-4H,14H2,1-2H3. The quantitative estimate of drug-likeness (QED) is 0.580. The molecule has 82 valence electrons. The number of halogens is 3. The van der Waals surface area contributed by atoms with Crippen molar-refractivity contribution in [2.45, 2.75) is 20.0 Å². The predicted molar refractivity (Wildman–Crippen MR) is 50.6 cm³/mol. The second-order valence-corrected chi connectivity index (χ2v) is 3.26. The number of hydrogen-bond acceptors (Lipinski definition) is 2. The Kier molecular flexibility index (Phi) is 2.75. The fraction of sp³-hybridized carbons (Fsp3) is 0.300. The Morgan fingerprint density at radius 3 is 2.27 bits per heavy atom. The van der Waals surface area contributed by atoms with Gasteiger partial charge in [-0.2, -0.15) is 13.2 Å². The smallest absolute Gasteiger partial charge is 0.398 e. The number of anilines is 1. The SMILES string of the molecule is CC(=O)c1c(C(F)(F)F)ccc(N)c1C. The number of benzene rings is 1. The molecular weight excluding hydrogens is 207 g/mol. The first-order chi connectivity index (χ1) is 6.75. The van der Waals surface area contributed by atoms with Gasteiger partial charge >= 0.3 is 6.18 Å². The topological polar surface area (TPSA) is 43.1 Å². The van der Waals surface area contributed by atoms with Gasteiger partial charge in [-0.15, -0.1) is 0 Å². The van der Waals surface area contributed by atoms with E-state index in [1.807, 2.05) is 0 Å². The van der Waals surface area contributed by atoms with Gasteiger partial charge in [-0.3, -0.25) is 4.79 Å². The fourth-order valence-corrected chi connectivity index (χ4v) is 1.42. The van der Waals surface area contributed by atoms with Crippen LogP contribution in [0.3, 0.4) is 0 Å². The van der Waals surface area contributed by atoms with Crippen LogP contribution >= 0.6 is 0 Å². The third kappa shape index (κ3) is 2.11. The first kappa shape index (κ1) is 11.6. The van der Waals surface area contributed by atoms with E-state index >= 15 is 0 Å². The van der Waals surface area contributed by atoms with Crippen LogP contribution in [0.4, 0.5) is 18.9 Å². The first-order valence-corrected chi connectivity index (χ1v) is 4.22. The molecular formula is C10H10F3NO. The Labute approximate surface area is 84.9 Å². The number of nitrogen functional groups attached to an aromatic ring is 1. The number of carbonyl (C=O) groups excluding carboxylic acids is 1. The van der Waals surface area contributed by atoms with Gasteiger partial charge in [-0.1, -0.05) is 0 Å². The van der Waals surface area contributed by atoms with E-state index in [9.17, 15) is 18.0 Å². The van der Waals surface area contributed by atoms with Crippen LogP contribution in [0.25, 0.3) is 0 Å². The van der Waals surface area contributed by atoms with Crippen LogP contribution in [-0.4, -0.2) is 5.78 Å². The third-order valence-corrected chi connectivity index (χ3v) is 2.16. The van der Waals surface area contributed by atoms with Gasteiger partial charge in [0.25, 0.3) is 0 Å². The summed E-state index contributed by atoms with van der Waals surface area (Å²) in [4.78, 5) is 11.1. The second-order valence-electron chi connectivity index (χ2n) is 3.26. The lowest BCUT2D eigenvalue weighted by Gasteiger charge is -2.14. The van der Waals surface area contributed by atoms with Crippen molar-refractivity contribution in [3.63, 3.8) is 0 Å². The normalized spacial score (nSPS) is 11.5. The Morgan fingerprint density at radius 1 is 1.33 bits per heavy atom. The summed E-state index contributed by atoms with van der Waals surface area (Å²) in [6.07, 6.45) is -4.53. The number of hydrogen-bond donors (Lipinski definition) is 1. The van der Waals surface area contributed by atoms with Gasteiger partial charge in [0.05, 0.1) is 5.56 Å². The van der Waals surface area contributed by atoms with Crippen LogP contribution in [0, 0.1) is 6.92 Å².